The van der Waals surface area contributed by atoms with Gasteiger partial charge < -0.3 is 19.5 Å². The Kier molecular flexibility index (Phi) is 6.68. The highest BCUT2D eigenvalue weighted by Gasteiger charge is 2.08. The molecular weight excluding hydrogens is 373 g/mol. The Morgan fingerprint density at radius 2 is 1.41 bits per heavy atom. The van der Waals surface area contributed by atoms with E-state index < -0.39 is 0 Å². The zero-order chi connectivity index (χ0) is 20.6. The topological polar surface area (TPSA) is 56.8 Å². The number of carbonyl (C=O) groups excluding carboxylic acids is 1. The van der Waals surface area contributed by atoms with Crippen LogP contribution >= 0.6 is 0 Å². The van der Waals surface area contributed by atoms with Crippen LogP contribution in [-0.4, -0.2) is 20.1 Å². The van der Waals surface area contributed by atoms with E-state index in [1.54, 1.807) is 50.6 Å². The fourth-order valence-corrected chi connectivity index (χ4v) is 2.75. The van der Waals surface area contributed by atoms with Gasteiger partial charge in [0, 0.05) is 6.54 Å². The Balaban J connectivity index is 1.51. The molecule has 0 fully saturated rings. The molecule has 0 aliphatic carbocycles. The Morgan fingerprint density at radius 3 is 2.03 bits per heavy atom. The van der Waals surface area contributed by atoms with Gasteiger partial charge in [-0.05, 0) is 59.7 Å². The van der Waals surface area contributed by atoms with Gasteiger partial charge in [0.1, 0.15) is 17.3 Å². The van der Waals surface area contributed by atoms with Crippen molar-refractivity contribution in [3.05, 3.63) is 83.7 Å². The third-order valence-corrected chi connectivity index (χ3v) is 4.28. The fourth-order valence-electron chi connectivity index (χ4n) is 2.75. The van der Waals surface area contributed by atoms with E-state index >= 15 is 0 Å². The van der Waals surface area contributed by atoms with E-state index in [1.807, 2.05) is 18.2 Å². The monoisotopic (exact) mass is 395 g/mol. The van der Waals surface area contributed by atoms with E-state index in [2.05, 4.69) is 5.32 Å². The van der Waals surface area contributed by atoms with E-state index in [-0.39, 0.29) is 18.1 Å². The van der Waals surface area contributed by atoms with E-state index in [0.717, 1.165) is 11.1 Å². The summed E-state index contributed by atoms with van der Waals surface area (Å²) >= 11 is 0. The number of ether oxygens (including phenoxy) is 3. The highest BCUT2D eigenvalue weighted by Crippen LogP contribution is 2.27. The average molecular weight is 395 g/mol. The molecule has 29 heavy (non-hydrogen) atoms. The number of nitrogens with one attached hydrogen (secondary N) is 1. The predicted octanol–water partition coefficient (Wildman–Crippen LogP) is 4.49. The van der Waals surface area contributed by atoms with Gasteiger partial charge in [-0.2, -0.15) is 0 Å². The second-order valence-corrected chi connectivity index (χ2v) is 6.34. The van der Waals surface area contributed by atoms with Crippen molar-refractivity contribution in [1.29, 1.82) is 0 Å². The number of halogens is 1. The number of rotatable bonds is 8. The Morgan fingerprint density at radius 1 is 0.828 bits per heavy atom. The number of amides is 1. The molecule has 1 amide bonds. The SMILES string of the molecule is COc1ccc(CC(=O)NCc2ccc(Oc3ccc(F)cc3)cc2)cc1OC. The van der Waals surface area contributed by atoms with Crippen LogP contribution in [0.5, 0.6) is 23.0 Å². The van der Waals surface area contributed by atoms with Crippen LogP contribution in [0.2, 0.25) is 0 Å². The first kappa shape index (κ1) is 20.2. The van der Waals surface area contributed by atoms with E-state index in [0.29, 0.717) is 29.5 Å². The summed E-state index contributed by atoms with van der Waals surface area (Å²) in [7, 11) is 3.13. The zero-order valence-electron chi connectivity index (χ0n) is 16.3. The molecule has 5 nitrogen and oxygen atoms in total. The van der Waals surface area contributed by atoms with Gasteiger partial charge in [0.25, 0.3) is 0 Å². The first-order valence-electron chi connectivity index (χ1n) is 9.07. The Labute approximate surface area is 169 Å². The highest BCUT2D eigenvalue weighted by molar-refractivity contribution is 5.78. The average Bonchev–Trinajstić information content (AvgIpc) is 2.74. The Bertz CT molecular complexity index is 956. The quantitative estimate of drug-likeness (QED) is 0.610. The predicted molar refractivity (Wildman–Crippen MR) is 108 cm³/mol. The van der Waals surface area contributed by atoms with Crippen molar-refractivity contribution >= 4 is 5.91 Å². The van der Waals surface area contributed by atoms with E-state index in [4.69, 9.17) is 14.2 Å². The van der Waals surface area contributed by atoms with Crippen molar-refractivity contribution in [2.75, 3.05) is 14.2 Å². The normalized spacial score (nSPS) is 10.3. The van der Waals surface area contributed by atoms with Crippen LogP contribution in [0, 0.1) is 5.82 Å². The molecule has 0 saturated heterocycles. The van der Waals surface area contributed by atoms with E-state index in [1.165, 1.54) is 12.1 Å². The lowest BCUT2D eigenvalue weighted by molar-refractivity contribution is -0.120. The second-order valence-electron chi connectivity index (χ2n) is 6.34. The molecule has 0 atom stereocenters. The van der Waals surface area contributed by atoms with Crippen LogP contribution in [-0.2, 0) is 17.8 Å². The van der Waals surface area contributed by atoms with Crippen molar-refractivity contribution in [3.8, 4) is 23.0 Å². The number of carbonyl (C=O) groups is 1. The van der Waals surface area contributed by atoms with Gasteiger partial charge in [-0.15, -0.1) is 0 Å². The largest absolute Gasteiger partial charge is 0.493 e. The van der Waals surface area contributed by atoms with Crippen molar-refractivity contribution in [1.82, 2.24) is 5.32 Å². The molecule has 0 bridgehead atoms. The smallest absolute Gasteiger partial charge is 0.224 e. The molecule has 1 N–H and O–H groups in total. The molecule has 3 aromatic carbocycles. The number of hydrogen-bond donors (Lipinski definition) is 1. The third-order valence-electron chi connectivity index (χ3n) is 4.28. The second kappa shape index (κ2) is 9.59. The molecule has 3 rings (SSSR count). The van der Waals surface area contributed by atoms with Gasteiger partial charge in [0.15, 0.2) is 11.5 Å². The summed E-state index contributed by atoms with van der Waals surface area (Å²) in [6.07, 6.45) is 0.242. The molecule has 0 aliphatic heterocycles. The number of methoxy groups -OCH3 is 2. The van der Waals surface area contributed by atoms with Crippen LogP contribution in [0.15, 0.2) is 66.7 Å². The minimum absolute atomic E-state index is 0.0936. The molecule has 150 valence electrons. The molecule has 0 radical (unpaired) electrons. The Hall–Kier alpha value is -3.54. The van der Waals surface area contributed by atoms with E-state index in [9.17, 15) is 9.18 Å². The van der Waals surface area contributed by atoms with Crippen LogP contribution in [0.1, 0.15) is 11.1 Å². The maximum Gasteiger partial charge on any atom is 0.224 e. The van der Waals surface area contributed by atoms with Gasteiger partial charge in [-0.25, -0.2) is 4.39 Å². The molecule has 6 heteroatoms. The number of benzene rings is 3. The van der Waals surface area contributed by atoms with Crippen molar-refractivity contribution in [3.63, 3.8) is 0 Å². The minimum Gasteiger partial charge on any atom is -0.493 e. The van der Waals surface area contributed by atoms with Crippen molar-refractivity contribution < 1.29 is 23.4 Å². The zero-order valence-corrected chi connectivity index (χ0v) is 16.3. The van der Waals surface area contributed by atoms with Crippen molar-refractivity contribution in [2.24, 2.45) is 0 Å². The molecule has 3 aromatic rings. The minimum atomic E-state index is -0.309. The summed E-state index contributed by atoms with van der Waals surface area (Å²) in [5.74, 6) is 2.01. The maximum atomic E-state index is 12.9. The summed E-state index contributed by atoms with van der Waals surface area (Å²) < 4.78 is 29.1. The van der Waals surface area contributed by atoms with Gasteiger partial charge in [0.05, 0.1) is 20.6 Å². The first-order valence-corrected chi connectivity index (χ1v) is 9.07. The fraction of sp³-hybridized carbons (Fsp3) is 0.174. The van der Waals surface area contributed by atoms with Gasteiger partial charge >= 0.3 is 0 Å². The van der Waals surface area contributed by atoms with Crippen molar-refractivity contribution in [2.45, 2.75) is 13.0 Å². The molecular formula is C23H22FNO4. The molecule has 0 aliphatic rings. The molecule has 0 unspecified atom stereocenters. The maximum absolute atomic E-state index is 12.9. The van der Waals surface area contributed by atoms with Crippen LogP contribution in [0.3, 0.4) is 0 Å². The lowest BCUT2D eigenvalue weighted by Crippen LogP contribution is -2.24. The molecule has 0 saturated carbocycles. The number of hydrogen-bond acceptors (Lipinski definition) is 4. The van der Waals surface area contributed by atoms with Crippen LogP contribution < -0.4 is 19.5 Å². The third kappa shape index (κ3) is 5.72. The summed E-state index contributed by atoms with van der Waals surface area (Å²) in [6.45, 7) is 0.406. The highest BCUT2D eigenvalue weighted by atomic mass is 19.1. The van der Waals surface area contributed by atoms with Gasteiger partial charge in [-0.3, -0.25) is 4.79 Å². The van der Waals surface area contributed by atoms with Crippen LogP contribution in [0.4, 0.5) is 4.39 Å². The summed E-state index contributed by atoms with van der Waals surface area (Å²) in [5.41, 5.74) is 1.78. The lowest BCUT2D eigenvalue weighted by Gasteiger charge is -2.10. The summed E-state index contributed by atoms with van der Waals surface area (Å²) in [6, 6.07) is 18.6. The molecule has 0 spiro atoms. The standard InChI is InChI=1S/C23H22FNO4/c1-27-21-12-5-17(13-22(21)28-2)14-23(26)25-15-16-3-8-19(9-4-16)29-20-10-6-18(24)7-11-20/h3-13H,14-15H2,1-2H3,(H,25,26). The molecule has 0 heterocycles. The lowest BCUT2D eigenvalue weighted by atomic mass is 10.1. The summed E-state index contributed by atoms with van der Waals surface area (Å²) in [5, 5.41) is 2.90. The molecule has 0 aromatic heterocycles. The summed E-state index contributed by atoms with van der Waals surface area (Å²) in [4.78, 5) is 12.2. The van der Waals surface area contributed by atoms with Gasteiger partial charge in [0.2, 0.25) is 5.91 Å². The van der Waals surface area contributed by atoms with Gasteiger partial charge in [-0.1, -0.05) is 18.2 Å². The van der Waals surface area contributed by atoms with Crippen LogP contribution in [0.25, 0.3) is 0 Å². The first-order chi connectivity index (χ1) is 14.1.